The van der Waals surface area contributed by atoms with Crippen LogP contribution >= 0.6 is 0 Å². The highest BCUT2D eigenvalue weighted by Crippen LogP contribution is 2.19. The molecule has 0 unspecified atom stereocenters. The van der Waals surface area contributed by atoms with Crippen molar-refractivity contribution in [2.24, 2.45) is 0 Å². The third kappa shape index (κ3) is 0.920. The van der Waals surface area contributed by atoms with Gasteiger partial charge in [-0.05, 0) is 22.9 Å². The molecule has 1 heterocycles. The molecule has 0 amide bonds. The zero-order valence-electron chi connectivity index (χ0n) is 6.99. The summed E-state index contributed by atoms with van der Waals surface area (Å²) < 4.78 is 0. The van der Waals surface area contributed by atoms with Crippen molar-refractivity contribution < 1.29 is 0 Å². The molecule has 0 radical (unpaired) electrons. The maximum absolute atomic E-state index is 4.21. The topological polar surface area (TPSA) is 28.7 Å². The van der Waals surface area contributed by atoms with Gasteiger partial charge in [0.2, 0.25) is 0 Å². The minimum absolute atomic E-state index is 1.03. The third-order valence-corrected chi connectivity index (χ3v) is 2.29. The predicted molar refractivity (Wildman–Crippen MR) is 53.6 cm³/mol. The Labute approximate surface area is 75.2 Å². The van der Waals surface area contributed by atoms with Crippen LogP contribution in [0.4, 0.5) is 0 Å². The van der Waals surface area contributed by atoms with Crippen LogP contribution in [0.25, 0.3) is 21.8 Å². The summed E-state index contributed by atoms with van der Waals surface area (Å²) in [6.07, 6.45) is 1.73. The summed E-state index contributed by atoms with van der Waals surface area (Å²) in [5, 5.41) is 2.49. The molecular formula is C11H8N2. The smallest absolute Gasteiger partial charge is 0.0931 e. The Morgan fingerprint density at radius 1 is 1.00 bits per heavy atom. The molecule has 3 aromatic rings. The van der Waals surface area contributed by atoms with Crippen molar-refractivity contribution >= 4 is 21.8 Å². The van der Waals surface area contributed by atoms with E-state index in [4.69, 9.17) is 0 Å². The molecule has 0 atom stereocenters. The SMILES string of the molecule is c1ccc2cc3[nH]cnc3cc2c1. The van der Waals surface area contributed by atoms with E-state index in [1.807, 2.05) is 12.1 Å². The maximum Gasteiger partial charge on any atom is 0.0931 e. The van der Waals surface area contributed by atoms with Gasteiger partial charge < -0.3 is 4.98 Å². The number of benzene rings is 2. The Morgan fingerprint density at radius 2 is 1.77 bits per heavy atom. The summed E-state index contributed by atoms with van der Waals surface area (Å²) in [7, 11) is 0. The van der Waals surface area contributed by atoms with Gasteiger partial charge in [-0.2, -0.15) is 0 Å². The van der Waals surface area contributed by atoms with Crippen LogP contribution in [0.2, 0.25) is 0 Å². The maximum atomic E-state index is 4.21. The lowest BCUT2D eigenvalue weighted by Gasteiger charge is -1.95. The van der Waals surface area contributed by atoms with Crippen molar-refractivity contribution in [3.8, 4) is 0 Å². The second-order valence-electron chi connectivity index (χ2n) is 3.12. The molecule has 0 bridgehead atoms. The highest BCUT2D eigenvalue weighted by molar-refractivity contribution is 5.94. The van der Waals surface area contributed by atoms with E-state index in [0.717, 1.165) is 11.0 Å². The molecule has 2 nitrogen and oxygen atoms in total. The van der Waals surface area contributed by atoms with Crippen molar-refractivity contribution in [3.05, 3.63) is 42.7 Å². The van der Waals surface area contributed by atoms with E-state index >= 15 is 0 Å². The van der Waals surface area contributed by atoms with Gasteiger partial charge in [0.25, 0.3) is 0 Å². The summed E-state index contributed by atoms with van der Waals surface area (Å²) in [5.41, 5.74) is 2.12. The molecule has 0 saturated carbocycles. The summed E-state index contributed by atoms with van der Waals surface area (Å²) in [4.78, 5) is 7.31. The first-order valence-electron chi connectivity index (χ1n) is 4.25. The first-order valence-corrected chi connectivity index (χ1v) is 4.25. The lowest BCUT2D eigenvalue weighted by atomic mass is 10.1. The van der Waals surface area contributed by atoms with Gasteiger partial charge in [-0.15, -0.1) is 0 Å². The van der Waals surface area contributed by atoms with E-state index in [2.05, 4.69) is 34.2 Å². The largest absolute Gasteiger partial charge is 0.345 e. The molecule has 0 spiro atoms. The number of aromatic nitrogens is 2. The van der Waals surface area contributed by atoms with Gasteiger partial charge in [0.15, 0.2) is 0 Å². The van der Waals surface area contributed by atoms with Crippen LogP contribution in [-0.4, -0.2) is 9.97 Å². The van der Waals surface area contributed by atoms with E-state index < -0.39 is 0 Å². The highest BCUT2D eigenvalue weighted by atomic mass is 14.9. The van der Waals surface area contributed by atoms with Crippen LogP contribution in [-0.2, 0) is 0 Å². The third-order valence-electron chi connectivity index (χ3n) is 2.29. The van der Waals surface area contributed by atoms with Gasteiger partial charge in [-0.3, -0.25) is 0 Å². The number of hydrogen-bond acceptors (Lipinski definition) is 1. The zero-order chi connectivity index (χ0) is 8.67. The predicted octanol–water partition coefficient (Wildman–Crippen LogP) is 2.72. The molecule has 0 aliphatic rings. The summed E-state index contributed by atoms with van der Waals surface area (Å²) >= 11 is 0. The summed E-state index contributed by atoms with van der Waals surface area (Å²) in [5.74, 6) is 0. The van der Waals surface area contributed by atoms with E-state index in [9.17, 15) is 0 Å². The van der Waals surface area contributed by atoms with Crippen LogP contribution < -0.4 is 0 Å². The van der Waals surface area contributed by atoms with Gasteiger partial charge in [-0.1, -0.05) is 24.3 Å². The highest BCUT2D eigenvalue weighted by Gasteiger charge is 1.97. The molecular weight excluding hydrogens is 160 g/mol. The number of aromatic amines is 1. The molecule has 3 rings (SSSR count). The Kier molecular flexibility index (Phi) is 1.19. The number of imidazole rings is 1. The Hall–Kier alpha value is -1.83. The molecule has 0 fully saturated rings. The quantitative estimate of drug-likeness (QED) is 0.549. The molecule has 2 aromatic carbocycles. The van der Waals surface area contributed by atoms with Gasteiger partial charge in [0.05, 0.1) is 17.4 Å². The van der Waals surface area contributed by atoms with Crippen LogP contribution in [0.3, 0.4) is 0 Å². The van der Waals surface area contributed by atoms with Gasteiger partial charge >= 0.3 is 0 Å². The Bertz CT molecular complexity index is 517. The standard InChI is InChI=1S/C11H8N2/c1-2-4-9-6-11-10(12-7-13-11)5-8(9)3-1/h1-7H,(H,12,13). The molecule has 0 saturated heterocycles. The fraction of sp³-hybridized carbons (Fsp3) is 0. The zero-order valence-corrected chi connectivity index (χ0v) is 6.99. The number of hydrogen-bond donors (Lipinski definition) is 1. The number of rotatable bonds is 0. The van der Waals surface area contributed by atoms with E-state index in [-0.39, 0.29) is 0 Å². The van der Waals surface area contributed by atoms with E-state index in [0.29, 0.717) is 0 Å². The lowest BCUT2D eigenvalue weighted by molar-refractivity contribution is 1.34. The Balaban J connectivity index is 2.57. The van der Waals surface area contributed by atoms with Crippen molar-refractivity contribution in [1.82, 2.24) is 9.97 Å². The molecule has 1 aromatic heterocycles. The normalized spacial score (nSPS) is 11.1. The van der Waals surface area contributed by atoms with Crippen LogP contribution in [0.1, 0.15) is 0 Å². The van der Waals surface area contributed by atoms with E-state index in [1.165, 1.54) is 10.8 Å². The second-order valence-corrected chi connectivity index (χ2v) is 3.12. The lowest BCUT2D eigenvalue weighted by Crippen LogP contribution is -1.73. The minimum Gasteiger partial charge on any atom is -0.345 e. The summed E-state index contributed by atoms with van der Waals surface area (Å²) in [6.45, 7) is 0. The average molecular weight is 168 g/mol. The first-order chi connectivity index (χ1) is 6.43. The number of nitrogens with one attached hydrogen (secondary N) is 1. The molecule has 0 aliphatic carbocycles. The van der Waals surface area contributed by atoms with Gasteiger partial charge in [0.1, 0.15) is 0 Å². The van der Waals surface area contributed by atoms with Crippen molar-refractivity contribution in [2.75, 3.05) is 0 Å². The Morgan fingerprint density at radius 3 is 2.62 bits per heavy atom. The number of nitrogens with zero attached hydrogens (tertiary/aromatic N) is 1. The summed E-state index contributed by atoms with van der Waals surface area (Å²) in [6, 6.07) is 12.5. The fourth-order valence-corrected chi connectivity index (χ4v) is 1.62. The van der Waals surface area contributed by atoms with Gasteiger partial charge in [0, 0.05) is 0 Å². The van der Waals surface area contributed by atoms with Crippen LogP contribution in [0, 0.1) is 0 Å². The second kappa shape index (κ2) is 2.33. The minimum atomic E-state index is 1.03. The molecule has 62 valence electrons. The fourth-order valence-electron chi connectivity index (χ4n) is 1.62. The van der Waals surface area contributed by atoms with Crippen molar-refractivity contribution in [1.29, 1.82) is 0 Å². The van der Waals surface area contributed by atoms with Gasteiger partial charge in [-0.25, -0.2) is 4.98 Å². The molecule has 2 heteroatoms. The van der Waals surface area contributed by atoms with Crippen molar-refractivity contribution in [3.63, 3.8) is 0 Å². The van der Waals surface area contributed by atoms with Crippen LogP contribution in [0.5, 0.6) is 0 Å². The van der Waals surface area contributed by atoms with E-state index in [1.54, 1.807) is 6.33 Å². The van der Waals surface area contributed by atoms with Crippen LogP contribution in [0.15, 0.2) is 42.7 Å². The molecule has 1 N–H and O–H groups in total. The van der Waals surface area contributed by atoms with Crippen molar-refractivity contribution in [2.45, 2.75) is 0 Å². The number of fused-ring (bicyclic) bond motifs is 2. The average Bonchev–Trinajstić information content (AvgIpc) is 2.61. The molecule has 13 heavy (non-hydrogen) atoms. The first kappa shape index (κ1) is 6.66. The molecule has 0 aliphatic heterocycles. The number of H-pyrrole nitrogens is 1. The monoisotopic (exact) mass is 168 g/mol.